The van der Waals surface area contributed by atoms with Crippen LogP contribution in [0.1, 0.15) is 46.5 Å². The topological polar surface area (TPSA) is 46.2 Å². The average molecular weight is 268 g/mol. The Morgan fingerprint density at radius 1 is 1.25 bits per heavy atom. The lowest BCUT2D eigenvalue weighted by Crippen LogP contribution is -2.45. The van der Waals surface area contributed by atoms with E-state index in [0.717, 1.165) is 25.7 Å². The maximum absolute atomic E-state index is 11.9. The molecule has 0 amide bonds. The number of hydrogen-bond donors (Lipinski definition) is 1. The molecule has 0 aromatic heterocycles. The van der Waals surface area contributed by atoms with E-state index in [-0.39, 0.29) is 22.6 Å². The number of sulfonamides is 1. The van der Waals surface area contributed by atoms with Crippen molar-refractivity contribution < 1.29 is 8.42 Å². The van der Waals surface area contributed by atoms with Crippen LogP contribution in [0.25, 0.3) is 0 Å². The fourth-order valence-electron chi connectivity index (χ4n) is 2.06. The molecule has 1 saturated carbocycles. The van der Waals surface area contributed by atoms with Gasteiger partial charge in [0.05, 0.1) is 5.75 Å². The highest BCUT2D eigenvalue weighted by Gasteiger charge is 2.29. The molecule has 0 bridgehead atoms. The van der Waals surface area contributed by atoms with Gasteiger partial charge in [-0.3, -0.25) is 0 Å². The van der Waals surface area contributed by atoms with Gasteiger partial charge in [0.2, 0.25) is 10.0 Å². The van der Waals surface area contributed by atoms with Crippen molar-refractivity contribution in [3.63, 3.8) is 0 Å². The van der Waals surface area contributed by atoms with E-state index in [9.17, 15) is 8.42 Å². The minimum Gasteiger partial charge on any atom is -0.212 e. The smallest absolute Gasteiger partial charge is 0.212 e. The van der Waals surface area contributed by atoms with Crippen LogP contribution < -0.4 is 4.72 Å². The van der Waals surface area contributed by atoms with Gasteiger partial charge in [-0.05, 0) is 18.3 Å². The predicted octanol–water partition coefficient (Wildman–Crippen LogP) is 2.50. The summed E-state index contributed by atoms with van der Waals surface area (Å²) in [5.41, 5.74) is -0.220. The molecule has 2 atom stereocenters. The van der Waals surface area contributed by atoms with Gasteiger partial charge in [0, 0.05) is 11.4 Å². The van der Waals surface area contributed by atoms with Gasteiger partial charge in [0.15, 0.2) is 0 Å². The van der Waals surface area contributed by atoms with Crippen LogP contribution in [0.4, 0.5) is 0 Å². The summed E-state index contributed by atoms with van der Waals surface area (Å²) in [6.07, 6.45) is 3.93. The lowest BCUT2D eigenvalue weighted by molar-refractivity contribution is 0.409. The monoisotopic (exact) mass is 267 g/mol. The molecule has 16 heavy (non-hydrogen) atoms. The number of alkyl halides is 1. The largest absolute Gasteiger partial charge is 0.212 e. The molecule has 0 spiro atoms. The summed E-state index contributed by atoms with van der Waals surface area (Å²) >= 11 is 6.13. The van der Waals surface area contributed by atoms with Crippen LogP contribution in [0.15, 0.2) is 0 Å². The molecule has 0 saturated heterocycles. The second-order valence-electron chi connectivity index (χ2n) is 5.84. The maximum Gasteiger partial charge on any atom is 0.212 e. The molecule has 1 rings (SSSR count). The van der Waals surface area contributed by atoms with Gasteiger partial charge in [-0.2, -0.15) is 0 Å². The summed E-state index contributed by atoms with van der Waals surface area (Å²) in [5, 5.41) is -0.0523. The Morgan fingerprint density at radius 3 is 2.31 bits per heavy atom. The minimum absolute atomic E-state index is 0.0523. The molecule has 0 radical (unpaired) electrons. The van der Waals surface area contributed by atoms with Crippen LogP contribution in [0.2, 0.25) is 0 Å². The molecule has 1 N–H and O–H groups in total. The van der Waals surface area contributed by atoms with Gasteiger partial charge >= 0.3 is 0 Å². The summed E-state index contributed by atoms with van der Waals surface area (Å²) in [4.78, 5) is 0. The molecule has 1 aliphatic carbocycles. The number of hydrogen-bond acceptors (Lipinski definition) is 2. The summed E-state index contributed by atoms with van der Waals surface area (Å²) in [7, 11) is -3.21. The van der Waals surface area contributed by atoms with Gasteiger partial charge < -0.3 is 0 Å². The Hall–Kier alpha value is 0.200. The van der Waals surface area contributed by atoms with Crippen LogP contribution in [0.5, 0.6) is 0 Å². The highest BCUT2D eigenvalue weighted by atomic mass is 35.5. The van der Waals surface area contributed by atoms with Gasteiger partial charge in [-0.15, -0.1) is 11.6 Å². The van der Waals surface area contributed by atoms with Crippen LogP contribution in [0.3, 0.4) is 0 Å². The Balaban J connectivity index is 2.58. The normalized spacial score (nSPS) is 28.0. The number of nitrogens with one attached hydrogen (secondary N) is 1. The van der Waals surface area contributed by atoms with Crippen molar-refractivity contribution in [3.8, 4) is 0 Å². The molecule has 0 aliphatic heterocycles. The molecular formula is C11H22ClNO2S. The molecule has 5 heteroatoms. The third-order valence-corrected chi connectivity index (χ3v) is 5.07. The molecule has 3 nitrogen and oxygen atoms in total. The lowest BCUT2D eigenvalue weighted by atomic mass is 9.96. The summed E-state index contributed by atoms with van der Waals surface area (Å²) in [5.74, 6) is 0.153. The third kappa shape index (κ3) is 5.02. The Labute approximate surface area is 104 Å². The van der Waals surface area contributed by atoms with E-state index in [2.05, 4.69) is 4.72 Å². The van der Waals surface area contributed by atoms with Crippen molar-refractivity contribution in [1.82, 2.24) is 4.72 Å². The standard InChI is InChI=1S/C11H22ClNO2S/c1-11(2,3)8-16(14,15)13-10-7-5-4-6-9(10)12/h9-10,13H,4-8H2,1-3H3. The van der Waals surface area contributed by atoms with E-state index in [1.54, 1.807) is 0 Å². The highest BCUT2D eigenvalue weighted by molar-refractivity contribution is 7.89. The second-order valence-corrected chi connectivity index (χ2v) is 8.16. The second kappa shape index (κ2) is 5.23. The number of rotatable bonds is 3. The van der Waals surface area contributed by atoms with Gasteiger partial charge in [0.25, 0.3) is 0 Å². The van der Waals surface area contributed by atoms with Gasteiger partial charge in [-0.25, -0.2) is 13.1 Å². The first kappa shape index (κ1) is 14.3. The maximum atomic E-state index is 11.9. The summed E-state index contributed by atoms with van der Waals surface area (Å²) in [6, 6.07) is -0.0808. The molecule has 0 heterocycles. The van der Waals surface area contributed by atoms with Crippen molar-refractivity contribution in [2.75, 3.05) is 5.75 Å². The summed E-state index contributed by atoms with van der Waals surface area (Å²) < 4.78 is 26.5. The van der Waals surface area contributed by atoms with Crippen LogP contribution >= 0.6 is 11.6 Å². The highest BCUT2D eigenvalue weighted by Crippen LogP contribution is 2.24. The van der Waals surface area contributed by atoms with Crippen LogP contribution in [-0.2, 0) is 10.0 Å². The molecule has 0 aromatic carbocycles. The fourth-order valence-corrected chi connectivity index (χ4v) is 4.45. The first-order valence-electron chi connectivity index (χ1n) is 5.84. The SMILES string of the molecule is CC(C)(C)CS(=O)(=O)NC1CCCCC1Cl. The first-order chi connectivity index (χ1) is 7.20. The van der Waals surface area contributed by atoms with E-state index >= 15 is 0 Å². The number of halogens is 1. The Kier molecular flexibility index (Phi) is 4.66. The zero-order chi connectivity index (χ0) is 12.4. The lowest BCUT2D eigenvalue weighted by Gasteiger charge is -2.29. The van der Waals surface area contributed by atoms with E-state index in [4.69, 9.17) is 11.6 Å². The van der Waals surface area contributed by atoms with Crippen molar-refractivity contribution in [3.05, 3.63) is 0 Å². The molecule has 0 aromatic rings. The molecule has 96 valence electrons. The van der Waals surface area contributed by atoms with Crippen molar-refractivity contribution in [2.24, 2.45) is 5.41 Å². The molecule has 1 aliphatic rings. The van der Waals surface area contributed by atoms with Gasteiger partial charge in [-0.1, -0.05) is 33.6 Å². The van der Waals surface area contributed by atoms with E-state index in [1.807, 2.05) is 20.8 Å². The Morgan fingerprint density at radius 2 is 1.81 bits per heavy atom. The fraction of sp³-hybridized carbons (Fsp3) is 1.00. The van der Waals surface area contributed by atoms with E-state index in [0.29, 0.717) is 0 Å². The van der Waals surface area contributed by atoms with Gasteiger partial charge in [0.1, 0.15) is 0 Å². The minimum atomic E-state index is -3.21. The zero-order valence-corrected chi connectivity index (χ0v) is 11.9. The third-order valence-electron chi connectivity index (χ3n) is 2.64. The molecular weight excluding hydrogens is 246 g/mol. The zero-order valence-electron chi connectivity index (χ0n) is 10.3. The van der Waals surface area contributed by atoms with E-state index in [1.165, 1.54) is 0 Å². The first-order valence-corrected chi connectivity index (χ1v) is 7.93. The molecule has 2 unspecified atom stereocenters. The quantitative estimate of drug-likeness (QED) is 0.799. The van der Waals surface area contributed by atoms with Crippen LogP contribution in [0, 0.1) is 5.41 Å². The predicted molar refractivity (Wildman–Crippen MR) is 68.3 cm³/mol. The van der Waals surface area contributed by atoms with Crippen molar-refractivity contribution >= 4 is 21.6 Å². The van der Waals surface area contributed by atoms with Crippen molar-refractivity contribution in [2.45, 2.75) is 57.9 Å². The van der Waals surface area contributed by atoms with E-state index < -0.39 is 10.0 Å². The van der Waals surface area contributed by atoms with Crippen molar-refractivity contribution in [1.29, 1.82) is 0 Å². The Bertz CT molecular complexity index is 321. The molecule has 1 fully saturated rings. The summed E-state index contributed by atoms with van der Waals surface area (Å²) in [6.45, 7) is 5.77. The van der Waals surface area contributed by atoms with Crippen LogP contribution in [-0.4, -0.2) is 25.6 Å². The average Bonchev–Trinajstić information content (AvgIpc) is 2.04.